The molecule has 1 saturated heterocycles. The molecule has 0 bridgehead atoms. The number of nitrogens with one attached hydrogen (secondary N) is 1. The van der Waals surface area contributed by atoms with Crippen LogP contribution in [0.4, 0.5) is 0 Å². The van der Waals surface area contributed by atoms with Gasteiger partial charge in [-0.2, -0.15) is 8.42 Å². The molecule has 5 atom stereocenters. The minimum Gasteiger partial charge on any atom is -0.388 e. The van der Waals surface area contributed by atoms with Crippen LogP contribution in [0.2, 0.25) is 0 Å². The molecule has 0 aromatic carbocycles. The van der Waals surface area contributed by atoms with Gasteiger partial charge in [-0.3, -0.25) is 9.35 Å². The first kappa shape index (κ1) is 17.2. The molecule has 20 heavy (non-hydrogen) atoms. The van der Waals surface area contributed by atoms with Crippen LogP contribution in [-0.4, -0.2) is 73.5 Å². The van der Waals surface area contributed by atoms with Gasteiger partial charge in [0, 0.05) is 14.0 Å². The quantitative estimate of drug-likeness (QED) is 0.400. The molecule has 11 heteroatoms. The molecule has 0 aromatic heterocycles. The summed E-state index contributed by atoms with van der Waals surface area (Å²) < 4.78 is 43.6. The second-order valence-electron chi connectivity index (χ2n) is 4.20. The van der Waals surface area contributed by atoms with Crippen LogP contribution in [0, 0.1) is 0 Å². The third-order valence-electron chi connectivity index (χ3n) is 2.68. The van der Waals surface area contributed by atoms with Gasteiger partial charge in [-0.1, -0.05) is 0 Å². The Morgan fingerprint density at radius 1 is 1.35 bits per heavy atom. The van der Waals surface area contributed by atoms with Crippen LogP contribution in [0.5, 0.6) is 0 Å². The molecule has 5 unspecified atom stereocenters. The van der Waals surface area contributed by atoms with Crippen molar-refractivity contribution >= 4 is 16.3 Å². The summed E-state index contributed by atoms with van der Waals surface area (Å²) in [6.07, 6.45) is -5.39. The second kappa shape index (κ2) is 6.76. The molecular weight excluding hydrogens is 298 g/mol. The topological polar surface area (TPSA) is 152 Å². The molecule has 4 N–H and O–H groups in total. The fourth-order valence-corrected chi connectivity index (χ4v) is 2.12. The van der Waals surface area contributed by atoms with Gasteiger partial charge in [-0.05, 0) is 0 Å². The van der Waals surface area contributed by atoms with Crippen LogP contribution in [-0.2, 0) is 28.9 Å². The molecule has 1 rings (SSSR count). The maximum Gasteiger partial charge on any atom is 0.397 e. The maximum absolute atomic E-state index is 11.0. The molecule has 10 nitrogen and oxygen atoms in total. The van der Waals surface area contributed by atoms with Crippen molar-refractivity contribution in [2.45, 2.75) is 37.6 Å². The van der Waals surface area contributed by atoms with Crippen molar-refractivity contribution in [3.8, 4) is 0 Å². The van der Waals surface area contributed by atoms with E-state index < -0.39 is 53.6 Å². The number of aliphatic hydroxyl groups excluding tert-OH is 2. The fraction of sp³-hybridized carbons (Fsp3) is 0.889. The van der Waals surface area contributed by atoms with E-state index in [1.54, 1.807) is 0 Å². The number of ether oxygens (including phenoxy) is 2. The predicted molar refractivity (Wildman–Crippen MR) is 62.8 cm³/mol. The first-order chi connectivity index (χ1) is 9.15. The highest BCUT2D eigenvalue weighted by molar-refractivity contribution is 7.80. The summed E-state index contributed by atoms with van der Waals surface area (Å²) in [7, 11) is -3.46. The van der Waals surface area contributed by atoms with Gasteiger partial charge in [0.1, 0.15) is 24.4 Å². The first-order valence-electron chi connectivity index (χ1n) is 5.59. The molecular formula is C9H17NO9S. The number of hydrogen-bond acceptors (Lipinski definition) is 8. The van der Waals surface area contributed by atoms with Crippen molar-refractivity contribution in [3.05, 3.63) is 0 Å². The van der Waals surface area contributed by atoms with Gasteiger partial charge >= 0.3 is 10.4 Å². The van der Waals surface area contributed by atoms with Crippen molar-refractivity contribution < 1.29 is 41.6 Å². The number of carbonyl (C=O) groups is 1. The van der Waals surface area contributed by atoms with Crippen LogP contribution in [0.15, 0.2) is 0 Å². The maximum atomic E-state index is 11.0. The highest BCUT2D eigenvalue weighted by atomic mass is 32.3. The summed E-state index contributed by atoms with van der Waals surface area (Å²) in [5, 5.41) is 22.0. The number of amides is 1. The smallest absolute Gasteiger partial charge is 0.388 e. The molecule has 1 fully saturated rings. The van der Waals surface area contributed by atoms with Crippen molar-refractivity contribution in [3.63, 3.8) is 0 Å². The Kier molecular flexibility index (Phi) is 5.82. The Hall–Kier alpha value is -0.820. The third-order valence-corrected chi connectivity index (χ3v) is 3.12. The van der Waals surface area contributed by atoms with Crippen LogP contribution >= 0.6 is 0 Å². The molecule has 0 radical (unpaired) electrons. The lowest BCUT2D eigenvalue weighted by Crippen LogP contribution is -2.64. The molecule has 1 amide bonds. The lowest BCUT2D eigenvalue weighted by atomic mass is 9.97. The molecule has 0 spiro atoms. The van der Waals surface area contributed by atoms with Crippen LogP contribution < -0.4 is 5.32 Å². The zero-order chi connectivity index (χ0) is 15.5. The minimum absolute atomic E-state index is 0.473. The van der Waals surface area contributed by atoms with Gasteiger partial charge in [-0.25, -0.2) is 4.18 Å². The molecule has 118 valence electrons. The van der Waals surface area contributed by atoms with E-state index in [0.29, 0.717) is 0 Å². The lowest BCUT2D eigenvalue weighted by molar-refractivity contribution is -0.261. The Morgan fingerprint density at radius 3 is 2.40 bits per heavy atom. The standard InChI is InChI=1S/C9H17NO9S/c1-4(11)10-6-8(13)7(12)5(19-9(6)17-2)3-18-20(14,15)16/h5-9,12-13H,3H2,1-2H3,(H,10,11)(H,14,15,16). The number of hydrogen-bond donors (Lipinski definition) is 4. The summed E-state index contributed by atoms with van der Waals surface area (Å²) in [6, 6.07) is -1.03. The average Bonchev–Trinajstić information content (AvgIpc) is 2.32. The highest BCUT2D eigenvalue weighted by Crippen LogP contribution is 2.22. The highest BCUT2D eigenvalue weighted by Gasteiger charge is 2.45. The van der Waals surface area contributed by atoms with E-state index in [-0.39, 0.29) is 0 Å². The summed E-state index contributed by atoms with van der Waals surface area (Å²) in [5.41, 5.74) is 0. The van der Waals surface area contributed by atoms with Gasteiger partial charge in [-0.15, -0.1) is 0 Å². The van der Waals surface area contributed by atoms with E-state index in [2.05, 4.69) is 9.50 Å². The Morgan fingerprint density at radius 2 is 1.95 bits per heavy atom. The molecule has 1 heterocycles. The Labute approximate surface area is 115 Å². The fourth-order valence-electron chi connectivity index (χ4n) is 1.81. The zero-order valence-electron chi connectivity index (χ0n) is 10.8. The van der Waals surface area contributed by atoms with E-state index in [4.69, 9.17) is 14.0 Å². The lowest BCUT2D eigenvalue weighted by Gasteiger charge is -2.41. The van der Waals surface area contributed by atoms with Gasteiger partial charge < -0.3 is 25.0 Å². The summed E-state index contributed by atoms with van der Waals surface area (Å²) in [6.45, 7) is 0.489. The molecule has 1 aliphatic rings. The molecule has 1 aliphatic heterocycles. The van der Waals surface area contributed by atoms with Gasteiger partial charge in [0.05, 0.1) is 6.61 Å². The van der Waals surface area contributed by atoms with Crippen molar-refractivity contribution in [2.75, 3.05) is 13.7 Å². The first-order valence-corrected chi connectivity index (χ1v) is 6.95. The van der Waals surface area contributed by atoms with Crippen molar-refractivity contribution in [1.29, 1.82) is 0 Å². The Bertz CT molecular complexity index is 437. The van der Waals surface area contributed by atoms with E-state index in [9.17, 15) is 23.4 Å². The molecule has 0 saturated carbocycles. The summed E-state index contributed by atoms with van der Waals surface area (Å²) >= 11 is 0. The van der Waals surface area contributed by atoms with Gasteiger partial charge in [0.25, 0.3) is 0 Å². The zero-order valence-corrected chi connectivity index (χ0v) is 11.6. The largest absolute Gasteiger partial charge is 0.397 e. The van der Waals surface area contributed by atoms with E-state index in [1.807, 2.05) is 0 Å². The van der Waals surface area contributed by atoms with Crippen LogP contribution in [0.3, 0.4) is 0 Å². The van der Waals surface area contributed by atoms with Gasteiger partial charge in [0.15, 0.2) is 6.29 Å². The minimum atomic E-state index is -4.70. The molecule has 0 aromatic rings. The Balaban J connectivity index is 2.77. The summed E-state index contributed by atoms with van der Waals surface area (Å²) in [4.78, 5) is 11.0. The summed E-state index contributed by atoms with van der Waals surface area (Å²) in [5.74, 6) is -0.473. The van der Waals surface area contributed by atoms with Crippen LogP contribution in [0.25, 0.3) is 0 Å². The van der Waals surface area contributed by atoms with E-state index >= 15 is 0 Å². The second-order valence-corrected chi connectivity index (χ2v) is 5.29. The van der Waals surface area contributed by atoms with E-state index in [1.165, 1.54) is 14.0 Å². The number of carbonyl (C=O) groups excluding carboxylic acids is 1. The SMILES string of the molecule is COC1OC(COS(=O)(=O)O)C(O)C(O)C1NC(C)=O. The van der Waals surface area contributed by atoms with Gasteiger partial charge in [0.2, 0.25) is 5.91 Å². The number of aliphatic hydroxyl groups is 2. The number of methoxy groups -OCH3 is 1. The normalized spacial score (nSPS) is 34.8. The van der Waals surface area contributed by atoms with Crippen molar-refractivity contribution in [1.82, 2.24) is 5.32 Å². The van der Waals surface area contributed by atoms with Crippen molar-refractivity contribution in [2.24, 2.45) is 0 Å². The third kappa shape index (κ3) is 4.63. The van der Waals surface area contributed by atoms with Crippen LogP contribution in [0.1, 0.15) is 6.92 Å². The monoisotopic (exact) mass is 315 g/mol. The average molecular weight is 315 g/mol. The number of rotatable bonds is 5. The predicted octanol–water partition coefficient (Wildman–Crippen LogP) is -2.60. The molecule has 0 aliphatic carbocycles. The van der Waals surface area contributed by atoms with E-state index in [0.717, 1.165) is 0 Å².